The number of hydrogen-bond acceptors (Lipinski definition) is 11. The number of fused-ring (bicyclic) bond motifs is 3. The Morgan fingerprint density at radius 3 is 2.12 bits per heavy atom. The number of phenols is 1. The van der Waals surface area contributed by atoms with Gasteiger partial charge < -0.3 is 46.6 Å². The van der Waals surface area contributed by atoms with E-state index in [0.29, 0.717) is 16.9 Å². The first kappa shape index (κ1) is 35.2. The Morgan fingerprint density at radius 1 is 0.980 bits per heavy atom. The van der Waals surface area contributed by atoms with E-state index in [1.165, 1.54) is 11.8 Å². The van der Waals surface area contributed by atoms with Crippen LogP contribution in [0.5, 0.6) is 5.75 Å². The van der Waals surface area contributed by atoms with E-state index in [1.54, 1.807) is 58.2 Å². The van der Waals surface area contributed by atoms with Gasteiger partial charge in [0.05, 0.1) is 11.6 Å². The van der Waals surface area contributed by atoms with Crippen LogP contribution in [0.1, 0.15) is 37.0 Å². The van der Waals surface area contributed by atoms with E-state index in [4.69, 9.17) is 5.73 Å². The normalized spacial score (nSPS) is 26.2. The van der Waals surface area contributed by atoms with Gasteiger partial charge in [0.25, 0.3) is 5.91 Å². The fourth-order valence-electron chi connectivity index (χ4n) is 8.15. The van der Waals surface area contributed by atoms with Crippen LogP contribution >= 0.6 is 0 Å². The van der Waals surface area contributed by atoms with Gasteiger partial charge in [-0.3, -0.25) is 19.3 Å². The second-order valence-electron chi connectivity index (χ2n) is 14.3. The number of benzene rings is 2. The summed E-state index contributed by atoms with van der Waals surface area (Å²) < 4.78 is 0. The predicted octanol–water partition coefficient (Wildman–Crippen LogP) is 2.20. The number of Topliss-reactive ketones (excluding diaryl/α,β-unsaturated/α-hetero) is 2. The average molecular weight is 677 g/mol. The number of urea groups is 1. The average Bonchev–Trinajstić information content (AvgIpc) is 2.98. The monoisotopic (exact) mass is 676 g/mol. The van der Waals surface area contributed by atoms with Crippen molar-refractivity contribution >= 4 is 46.3 Å². The number of primary amides is 1. The van der Waals surface area contributed by atoms with Crippen LogP contribution in [0, 0.1) is 10.8 Å². The van der Waals surface area contributed by atoms with Gasteiger partial charge in [-0.2, -0.15) is 0 Å². The van der Waals surface area contributed by atoms with Crippen molar-refractivity contribution in [3.8, 4) is 5.75 Å². The van der Waals surface area contributed by atoms with Crippen molar-refractivity contribution in [2.75, 3.05) is 57.4 Å². The Bertz CT molecular complexity index is 1850. The highest BCUT2D eigenvalue weighted by Crippen LogP contribution is 2.63. The molecule has 0 saturated heterocycles. The number of amides is 3. The van der Waals surface area contributed by atoms with Crippen molar-refractivity contribution in [3.05, 3.63) is 63.9 Å². The zero-order valence-corrected chi connectivity index (χ0v) is 28.9. The van der Waals surface area contributed by atoms with Gasteiger partial charge in [0.15, 0.2) is 11.4 Å². The number of aliphatic hydroxyl groups is 3. The number of nitrogens with two attached hydrogens (primary N) is 1. The SMILES string of the molecule is CN(C)c1ccc(NC(=O)NCc2cc(N(C)C)c3c(c2O)C(O)=C2C(=O)[C@]4(O)C(O)=C(C(N)=O)C(=O)[C@@H](N(C)C)[C@]4(C)C[C@]2(C)C3)cc1. The second-order valence-corrected chi connectivity index (χ2v) is 14.3. The summed E-state index contributed by atoms with van der Waals surface area (Å²) in [5.74, 6) is -5.43. The van der Waals surface area contributed by atoms with Crippen LogP contribution in [0.2, 0.25) is 0 Å². The number of likely N-dealkylation sites (N-methyl/N-ethyl adjacent to an activating group) is 1. The molecule has 1 fully saturated rings. The summed E-state index contributed by atoms with van der Waals surface area (Å²) in [6.45, 7) is 3.06. The number of carbonyl (C=O) groups excluding carboxylic acids is 4. The first-order chi connectivity index (χ1) is 22.7. The summed E-state index contributed by atoms with van der Waals surface area (Å²) in [6.07, 6.45) is 0.0111. The van der Waals surface area contributed by atoms with E-state index >= 15 is 0 Å². The minimum atomic E-state index is -2.82. The highest BCUT2D eigenvalue weighted by Gasteiger charge is 2.72. The highest BCUT2D eigenvalue weighted by molar-refractivity contribution is 6.25. The number of anilines is 3. The molecule has 0 heterocycles. The molecule has 0 bridgehead atoms. The van der Waals surface area contributed by atoms with Crippen molar-refractivity contribution in [1.82, 2.24) is 10.2 Å². The van der Waals surface area contributed by atoms with Crippen LogP contribution in [0.15, 0.2) is 47.2 Å². The lowest BCUT2D eigenvalue weighted by molar-refractivity contribution is -0.175. The largest absolute Gasteiger partial charge is 0.508 e. The first-order valence-electron chi connectivity index (χ1n) is 15.7. The maximum absolute atomic E-state index is 14.6. The van der Waals surface area contributed by atoms with Crippen molar-refractivity contribution in [2.24, 2.45) is 16.6 Å². The van der Waals surface area contributed by atoms with E-state index < -0.39 is 63.1 Å². The molecule has 3 aliphatic carbocycles. The number of aromatic hydroxyl groups is 1. The topological polar surface area (TPSA) is 209 Å². The second kappa shape index (κ2) is 11.8. The van der Waals surface area contributed by atoms with Crippen molar-refractivity contribution in [2.45, 2.75) is 44.9 Å². The summed E-state index contributed by atoms with van der Waals surface area (Å²) >= 11 is 0. The summed E-state index contributed by atoms with van der Waals surface area (Å²) in [7, 11) is 10.5. The third-order valence-electron chi connectivity index (χ3n) is 10.2. The summed E-state index contributed by atoms with van der Waals surface area (Å²) in [5, 5.41) is 52.5. The number of phenolic OH excluding ortho intramolecular Hbond substituents is 1. The minimum absolute atomic E-state index is 0.0645. The molecule has 0 spiro atoms. The molecule has 1 saturated carbocycles. The zero-order valence-electron chi connectivity index (χ0n) is 28.9. The van der Waals surface area contributed by atoms with E-state index in [0.717, 1.165) is 5.69 Å². The van der Waals surface area contributed by atoms with Crippen LogP contribution in [-0.2, 0) is 27.3 Å². The minimum Gasteiger partial charge on any atom is -0.508 e. The van der Waals surface area contributed by atoms with E-state index in [9.17, 15) is 39.6 Å². The van der Waals surface area contributed by atoms with Crippen molar-refractivity contribution < 1.29 is 39.6 Å². The van der Waals surface area contributed by atoms with E-state index in [-0.39, 0.29) is 41.8 Å². The lowest BCUT2D eigenvalue weighted by atomic mass is 9.46. The molecule has 0 radical (unpaired) electrons. The molecule has 5 rings (SSSR count). The van der Waals surface area contributed by atoms with Crippen molar-refractivity contribution in [1.29, 1.82) is 0 Å². The molecule has 14 heteroatoms. The maximum atomic E-state index is 14.6. The molecule has 0 aromatic heterocycles. The number of rotatable bonds is 7. The number of aliphatic hydroxyl groups excluding tert-OH is 2. The van der Waals surface area contributed by atoms with Crippen LogP contribution < -0.4 is 26.2 Å². The van der Waals surface area contributed by atoms with Gasteiger partial charge >= 0.3 is 6.03 Å². The molecule has 8 N–H and O–H groups in total. The highest BCUT2D eigenvalue weighted by atomic mass is 16.3. The molecular formula is C35H44N6O8. The third kappa shape index (κ3) is 5.17. The number of ketones is 2. The Kier molecular flexibility index (Phi) is 8.49. The number of nitrogens with zero attached hydrogens (tertiary/aromatic N) is 3. The third-order valence-corrected chi connectivity index (χ3v) is 10.2. The van der Waals surface area contributed by atoms with Gasteiger partial charge in [0, 0.05) is 73.8 Å². The molecule has 2 aromatic carbocycles. The maximum Gasteiger partial charge on any atom is 0.319 e. The number of nitrogens with one attached hydrogen (secondary N) is 2. The molecule has 3 aliphatic rings. The van der Waals surface area contributed by atoms with Gasteiger partial charge in [0.2, 0.25) is 5.78 Å². The van der Waals surface area contributed by atoms with Crippen molar-refractivity contribution in [3.63, 3.8) is 0 Å². The standard InChI is InChI=1S/C35H44N6O8/c1-33-14-20-21(40(5)6)13-17(15-37-32(48)38-18-9-11-19(12-10-18)39(3)4)25(42)22(20)26(43)24(33)30(46)35(49)29(45)23(31(36)47)27(44)28(41(7)8)34(35,2)16-33/h9-13,28,42-43,45,49H,14-16H2,1-8H3,(H2,36,47)(H2,37,38,48)/t28-,33+,34+,35-/m1/s1. The molecule has 4 atom stereocenters. The van der Waals surface area contributed by atoms with E-state index in [2.05, 4.69) is 10.6 Å². The smallest absolute Gasteiger partial charge is 0.319 e. The molecule has 3 amide bonds. The molecule has 2 aromatic rings. The van der Waals surface area contributed by atoms with Gasteiger partial charge in [-0.05, 0) is 62.8 Å². The zero-order chi connectivity index (χ0) is 36.5. The Morgan fingerprint density at radius 2 is 1.59 bits per heavy atom. The fourth-order valence-corrected chi connectivity index (χ4v) is 8.15. The molecule has 49 heavy (non-hydrogen) atoms. The molecule has 0 unspecified atom stereocenters. The number of carbonyl (C=O) groups is 4. The summed E-state index contributed by atoms with van der Waals surface area (Å²) in [4.78, 5) is 58.5. The quantitative estimate of drug-likeness (QED) is 0.212. The molecular weight excluding hydrogens is 632 g/mol. The van der Waals surface area contributed by atoms with Gasteiger partial charge in [-0.1, -0.05) is 13.8 Å². The van der Waals surface area contributed by atoms with Crippen LogP contribution in [0.25, 0.3) is 5.76 Å². The summed E-state index contributed by atoms with van der Waals surface area (Å²) in [5.41, 5.74) is 1.39. The number of hydrogen-bond donors (Lipinski definition) is 7. The Balaban J connectivity index is 1.60. The van der Waals surface area contributed by atoms with Gasteiger partial charge in [-0.25, -0.2) is 4.79 Å². The molecule has 0 aliphatic heterocycles. The Labute approximate surface area is 284 Å². The van der Waals surface area contributed by atoms with Crippen LogP contribution in [-0.4, -0.2) is 103 Å². The fraction of sp³-hybridized carbons (Fsp3) is 0.429. The molecule has 14 nitrogen and oxygen atoms in total. The molecule has 262 valence electrons. The lowest BCUT2D eigenvalue weighted by Gasteiger charge is -2.59. The van der Waals surface area contributed by atoms with Gasteiger partial charge in [-0.15, -0.1) is 0 Å². The van der Waals surface area contributed by atoms with Gasteiger partial charge in [0.1, 0.15) is 22.8 Å². The predicted molar refractivity (Wildman–Crippen MR) is 184 cm³/mol. The Hall–Kier alpha value is -5.08. The lowest BCUT2D eigenvalue weighted by Crippen LogP contribution is -2.72. The van der Waals surface area contributed by atoms with Crippen LogP contribution in [0.4, 0.5) is 21.9 Å². The first-order valence-corrected chi connectivity index (χ1v) is 15.7. The van der Waals surface area contributed by atoms with Crippen LogP contribution in [0.3, 0.4) is 0 Å². The summed E-state index contributed by atoms with van der Waals surface area (Å²) in [6, 6.07) is 7.09. The van der Waals surface area contributed by atoms with E-state index in [1.807, 2.05) is 31.1 Å².